The van der Waals surface area contributed by atoms with Crippen molar-refractivity contribution >= 4 is 21.6 Å². The van der Waals surface area contributed by atoms with Crippen molar-refractivity contribution in [1.29, 1.82) is 0 Å². The summed E-state index contributed by atoms with van der Waals surface area (Å²) in [5.41, 5.74) is 5.20. The Bertz CT molecular complexity index is 1140. The van der Waals surface area contributed by atoms with E-state index in [1.54, 1.807) is 24.3 Å². The fourth-order valence-electron chi connectivity index (χ4n) is 3.26. The minimum atomic E-state index is -3.49. The van der Waals surface area contributed by atoms with Gasteiger partial charge in [0.05, 0.1) is 24.5 Å². The smallest absolute Gasteiger partial charge is 0.251 e. The van der Waals surface area contributed by atoms with Gasteiger partial charge in [0.25, 0.3) is 5.91 Å². The van der Waals surface area contributed by atoms with Gasteiger partial charge >= 0.3 is 0 Å². The third-order valence-corrected chi connectivity index (χ3v) is 6.33. The Morgan fingerprint density at radius 3 is 1.90 bits per heavy atom. The molecule has 0 fully saturated rings. The highest BCUT2D eigenvalue weighted by atomic mass is 32.2. The first kappa shape index (κ1) is 22.6. The normalized spacial score (nSPS) is 12.3. The third-order valence-electron chi connectivity index (χ3n) is 5.19. The number of carbonyl (C=O) groups is 1. The lowest BCUT2D eigenvalue weighted by atomic mass is 10.1. The minimum absolute atomic E-state index is 0.137. The van der Waals surface area contributed by atoms with Gasteiger partial charge in [-0.25, -0.2) is 8.42 Å². The maximum atomic E-state index is 12.7. The number of benzene rings is 3. The summed E-state index contributed by atoms with van der Waals surface area (Å²) in [6, 6.07) is 22.3. The number of amides is 1. The molecule has 1 unspecified atom stereocenters. The van der Waals surface area contributed by atoms with E-state index in [9.17, 15) is 13.2 Å². The van der Waals surface area contributed by atoms with Gasteiger partial charge in [0.2, 0.25) is 10.0 Å². The molecule has 0 saturated carbocycles. The van der Waals surface area contributed by atoms with Crippen molar-refractivity contribution in [3.8, 4) is 0 Å². The standard InChI is InChI=1S/C25H28N2O3S/c1-18-5-9-21(10-6-18)17-27(31(4,29)30)24-15-13-23(14-16-24)25(28)26-20(3)22-11-7-19(2)8-12-22/h5-16,20H,17H2,1-4H3,(H,26,28). The molecule has 0 spiro atoms. The molecule has 3 aromatic rings. The lowest BCUT2D eigenvalue weighted by Crippen LogP contribution is -2.29. The number of nitrogens with one attached hydrogen (secondary N) is 1. The average molecular weight is 437 g/mol. The van der Waals surface area contributed by atoms with Crippen LogP contribution in [0.3, 0.4) is 0 Å². The van der Waals surface area contributed by atoms with Crippen LogP contribution < -0.4 is 9.62 Å². The first-order valence-electron chi connectivity index (χ1n) is 10.1. The predicted octanol–water partition coefficient (Wildman–Crippen LogP) is 4.76. The number of sulfonamides is 1. The summed E-state index contributed by atoms with van der Waals surface area (Å²) in [5, 5.41) is 2.99. The molecule has 0 heterocycles. The van der Waals surface area contributed by atoms with Gasteiger partial charge in [0.15, 0.2) is 0 Å². The maximum absolute atomic E-state index is 12.7. The first-order chi connectivity index (χ1) is 14.6. The molecule has 0 radical (unpaired) electrons. The van der Waals surface area contributed by atoms with Crippen LogP contribution in [-0.2, 0) is 16.6 Å². The summed E-state index contributed by atoms with van der Waals surface area (Å²) in [5.74, 6) is -0.205. The van der Waals surface area contributed by atoms with E-state index in [1.807, 2.05) is 69.3 Å². The van der Waals surface area contributed by atoms with Crippen molar-refractivity contribution in [2.24, 2.45) is 0 Å². The van der Waals surface area contributed by atoms with Crippen LogP contribution in [0.5, 0.6) is 0 Å². The number of anilines is 1. The van der Waals surface area contributed by atoms with E-state index in [0.717, 1.165) is 16.7 Å². The Labute approximate surface area is 184 Å². The van der Waals surface area contributed by atoms with Crippen LogP contribution in [0.15, 0.2) is 72.8 Å². The molecule has 0 aliphatic heterocycles. The van der Waals surface area contributed by atoms with Crippen LogP contribution in [0.25, 0.3) is 0 Å². The van der Waals surface area contributed by atoms with Gasteiger partial charge in [-0.05, 0) is 56.2 Å². The molecule has 3 rings (SSSR count). The van der Waals surface area contributed by atoms with Gasteiger partial charge in [0, 0.05) is 5.56 Å². The molecule has 0 saturated heterocycles. The van der Waals surface area contributed by atoms with Crippen LogP contribution in [0.2, 0.25) is 0 Å². The van der Waals surface area contributed by atoms with Crippen molar-refractivity contribution < 1.29 is 13.2 Å². The molecule has 5 nitrogen and oxygen atoms in total. The van der Waals surface area contributed by atoms with Crippen LogP contribution >= 0.6 is 0 Å². The number of hydrogen-bond acceptors (Lipinski definition) is 3. The highest BCUT2D eigenvalue weighted by molar-refractivity contribution is 7.92. The topological polar surface area (TPSA) is 66.5 Å². The Balaban J connectivity index is 1.75. The molecular formula is C25H28N2O3S. The van der Waals surface area contributed by atoms with Crippen LogP contribution in [-0.4, -0.2) is 20.6 Å². The molecule has 1 amide bonds. The van der Waals surface area contributed by atoms with Gasteiger partial charge in [0.1, 0.15) is 0 Å². The first-order valence-corrected chi connectivity index (χ1v) is 12.0. The summed E-state index contributed by atoms with van der Waals surface area (Å²) in [7, 11) is -3.49. The van der Waals surface area contributed by atoms with E-state index in [-0.39, 0.29) is 18.5 Å². The van der Waals surface area contributed by atoms with Crippen LogP contribution in [0.4, 0.5) is 5.69 Å². The van der Waals surface area contributed by atoms with E-state index in [1.165, 1.54) is 16.1 Å². The van der Waals surface area contributed by atoms with Crippen molar-refractivity contribution in [2.45, 2.75) is 33.4 Å². The van der Waals surface area contributed by atoms with Crippen molar-refractivity contribution in [2.75, 3.05) is 10.6 Å². The molecule has 3 aromatic carbocycles. The molecule has 1 atom stereocenters. The zero-order valence-electron chi connectivity index (χ0n) is 18.3. The van der Waals surface area contributed by atoms with Gasteiger partial charge in [-0.1, -0.05) is 59.7 Å². The summed E-state index contributed by atoms with van der Waals surface area (Å²) in [6.45, 7) is 6.17. The molecule has 31 heavy (non-hydrogen) atoms. The maximum Gasteiger partial charge on any atom is 0.251 e. The SMILES string of the molecule is Cc1ccc(CN(c2ccc(C(=O)NC(C)c3ccc(C)cc3)cc2)S(C)(=O)=O)cc1. The Morgan fingerprint density at radius 1 is 0.871 bits per heavy atom. The molecule has 0 aliphatic carbocycles. The second kappa shape index (κ2) is 9.35. The zero-order valence-corrected chi connectivity index (χ0v) is 19.1. The average Bonchev–Trinajstić information content (AvgIpc) is 2.73. The van der Waals surface area contributed by atoms with Crippen molar-refractivity contribution in [1.82, 2.24) is 5.32 Å². The fraction of sp³-hybridized carbons (Fsp3) is 0.240. The third kappa shape index (κ3) is 5.95. The predicted molar refractivity (Wildman–Crippen MR) is 126 cm³/mol. The molecule has 0 aromatic heterocycles. The highest BCUT2D eigenvalue weighted by Crippen LogP contribution is 2.22. The molecule has 0 bridgehead atoms. The molecule has 162 valence electrons. The fourth-order valence-corrected chi connectivity index (χ4v) is 4.15. The lowest BCUT2D eigenvalue weighted by molar-refractivity contribution is 0.0940. The molecular weight excluding hydrogens is 408 g/mol. The molecule has 6 heteroatoms. The van der Waals surface area contributed by atoms with E-state index in [0.29, 0.717) is 11.3 Å². The molecule has 1 N–H and O–H groups in total. The van der Waals surface area contributed by atoms with Crippen molar-refractivity contribution in [3.05, 3.63) is 101 Å². The number of aryl methyl sites for hydroxylation is 2. The van der Waals surface area contributed by atoms with E-state index < -0.39 is 10.0 Å². The van der Waals surface area contributed by atoms with E-state index in [4.69, 9.17) is 0 Å². The second-order valence-electron chi connectivity index (χ2n) is 7.91. The van der Waals surface area contributed by atoms with E-state index >= 15 is 0 Å². The number of nitrogens with zero attached hydrogens (tertiary/aromatic N) is 1. The van der Waals surface area contributed by atoms with Gasteiger partial charge < -0.3 is 5.32 Å². The van der Waals surface area contributed by atoms with E-state index in [2.05, 4.69) is 5.32 Å². The summed E-state index contributed by atoms with van der Waals surface area (Å²) in [4.78, 5) is 12.7. The summed E-state index contributed by atoms with van der Waals surface area (Å²) in [6.07, 6.45) is 1.19. The van der Waals surface area contributed by atoms with Crippen molar-refractivity contribution in [3.63, 3.8) is 0 Å². The quantitative estimate of drug-likeness (QED) is 0.581. The van der Waals surface area contributed by atoms with Crippen LogP contribution in [0.1, 0.15) is 45.6 Å². The monoisotopic (exact) mass is 436 g/mol. The zero-order chi connectivity index (χ0) is 22.6. The van der Waals surface area contributed by atoms with Gasteiger partial charge in [-0.2, -0.15) is 0 Å². The number of carbonyl (C=O) groups excluding carboxylic acids is 1. The van der Waals surface area contributed by atoms with Gasteiger partial charge in [-0.3, -0.25) is 9.10 Å². The number of rotatable bonds is 7. The van der Waals surface area contributed by atoms with Gasteiger partial charge in [-0.15, -0.1) is 0 Å². The second-order valence-corrected chi connectivity index (χ2v) is 9.81. The Morgan fingerprint density at radius 2 is 1.39 bits per heavy atom. The lowest BCUT2D eigenvalue weighted by Gasteiger charge is -2.23. The number of hydrogen-bond donors (Lipinski definition) is 1. The summed E-state index contributed by atoms with van der Waals surface area (Å²) < 4.78 is 26.1. The Hall–Kier alpha value is -3.12. The largest absolute Gasteiger partial charge is 0.346 e. The Kier molecular flexibility index (Phi) is 6.81. The van der Waals surface area contributed by atoms with Crippen LogP contribution in [0, 0.1) is 13.8 Å². The highest BCUT2D eigenvalue weighted by Gasteiger charge is 2.19. The molecule has 0 aliphatic rings. The summed E-state index contributed by atoms with van der Waals surface area (Å²) >= 11 is 0. The minimum Gasteiger partial charge on any atom is -0.346 e.